The molecule has 0 aromatic heterocycles. The van der Waals surface area contributed by atoms with Crippen LogP contribution in [0.3, 0.4) is 0 Å². The Morgan fingerprint density at radius 2 is 1.75 bits per heavy atom. The zero-order valence-corrected chi connectivity index (χ0v) is 9.75. The van der Waals surface area contributed by atoms with Gasteiger partial charge in [0.1, 0.15) is 4.90 Å². The molecule has 9 heteroatoms. The molecule has 2 N–H and O–H groups in total. The van der Waals surface area contributed by atoms with E-state index in [2.05, 4.69) is 21.1 Å². The minimum atomic E-state index is -4.99. The van der Waals surface area contributed by atoms with E-state index in [0.717, 1.165) is 0 Å². The number of alkyl halides is 3. The average Bonchev–Trinajstić information content (AvgIpc) is 2.04. The van der Waals surface area contributed by atoms with Crippen LogP contribution in [0.2, 0.25) is 0 Å². The van der Waals surface area contributed by atoms with Gasteiger partial charge in [0.15, 0.2) is 5.82 Å². The lowest BCUT2D eigenvalue weighted by atomic mass is 10.2. The molecule has 0 spiro atoms. The molecule has 16 heavy (non-hydrogen) atoms. The Bertz CT molecular complexity index is 526. The number of halogens is 5. The molecule has 0 heterocycles. The standard InChI is InChI=1S/C7H4BrF4NO2S/c8-3-1-4(7(10,11)12)6(9)5(2-3)16(13,14)15/h1-2H,(H2,13,14,15). The Morgan fingerprint density at radius 1 is 1.25 bits per heavy atom. The van der Waals surface area contributed by atoms with Crippen molar-refractivity contribution in [2.45, 2.75) is 11.1 Å². The topological polar surface area (TPSA) is 60.2 Å². The maximum Gasteiger partial charge on any atom is 0.419 e. The van der Waals surface area contributed by atoms with Gasteiger partial charge in [0.2, 0.25) is 10.0 Å². The van der Waals surface area contributed by atoms with Crippen molar-refractivity contribution in [2.75, 3.05) is 0 Å². The third-order valence-electron chi connectivity index (χ3n) is 1.62. The van der Waals surface area contributed by atoms with Gasteiger partial charge in [-0.05, 0) is 12.1 Å². The lowest BCUT2D eigenvalue weighted by Gasteiger charge is -2.10. The Labute approximate surface area is 96.4 Å². The first-order valence-electron chi connectivity index (χ1n) is 3.62. The van der Waals surface area contributed by atoms with Gasteiger partial charge in [-0.1, -0.05) is 15.9 Å². The zero-order valence-electron chi connectivity index (χ0n) is 7.35. The predicted molar refractivity (Wildman–Crippen MR) is 50.5 cm³/mol. The molecule has 0 aliphatic heterocycles. The van der Waals surface area contributed by atoms with Gasteiger partial charge in [-0.25, -0.2) is 17.9 Å². The van der Waals surface area contributed by atoms with E-state index in [1.807, 2.05) is 0 Å². The molecule has 0 unspecified atom stereocenters. The van der Waals surface area contributed by atoms with E-state index in [9.17, 15) is 26.0 Å². The fourth-order valence-electron chi connectivity index (χ4n) is 0.978. The molecule has 0 saturated carbocycles. The number of hydrogen-bond donors (Lipinski definition) is 1. The van der Waals surface area contributed by atoms with Crippen molar-refractivity contribution in [3.05, 3.63) is 28.0 Å². The van der Waals surface area contributed by atoms with E-state index in [4.69, 9.17) is 0 Å². The van der Waals surface area contributed by atoms with Gasteiger partial charge in [-0.15, -0.1) is 0 Å². The second-order valence-corrected chi connectivity index (χ2v) is 5.25. The molecule has 1 rings (SSSR count). The van der Waals surface area contributed by atoms with E-state index >= 15 is 0 Å². The monoisotopic (exact) mass is 321 g/mol. The van der Waals surface area contributed by atoms with Gasteiger partial charge in [0.05, 0.1) is 5.56 Å². The Balaban J connectivity index is 3.64. The number of primary sulfonamides is 1. The highest BCUT2D eigenvalue weighted by Crippen LogP contribution is 2.35. The molecule has 0 aliphatic rings. The molecular weight excluding hydrogens is 318 g/mol. The van der Waals surface area contributed by atoms with Gasteiger partial charge in [0.25, 0.3) is 0 Å². The SMILES string of the molecule is NS(=O)(=O)c1cc(Br)cc(C(F)(F)F)c1F. The van der Waals surface area contributed by atoms with Crippen molar-refractivity contribution in [2.24, 2.45) is 5.14 Å². The van der Waals surface area contributed by atoms with Gasteiger partial charge in [-0.2, -0.15) is 13.2 Å². The third-order valence-corrected chi connectivity index (χ3v) is 2.98. The molecule has 0 radical (unpaired) electrons. The maximum absolute atomic E-state index is 13.2. The predicted octanol–water partition coefficient (Wildman–Crippen LogP) is 2.25. The highest BCUT2D eigenvalue weighted by Gasteiger charge is 2.37. The van der Waals surface area contributed by atoms with Gasteiger partial charge >= 0.3 is 6.18 Å². The molecule has 90 valence electrons. The van der Waals surface area contributed by atoms with Crippen LogP contribution in [0.4, 0.5) is 17.6 Å². The average molecular weight is 322 g/mol. The summed E-state index contributed by atoms with van der Waals surface area (Å²) in [6.45, 7) is 0. The summed E-state index contributed by atoms with van der Waals surface area (Å²) in [4.78, 5) is -1.20. The first-order valence-corrected chi connectivity index (χ1v) is 5.96. The summed E-state index contributed by atoms with van der Waals surface area (Å²) >= 11 is 2.65. The molecule has 0 bridgehead atoms. The number of rotatable bonds is 1. The van der Waals surface area contributed by atoms with Crippen LogP contribution >= 0.6 is 15.9 Å². The molecule has 0 saturated heterocycles. The van der Waals surface area contributed by atoms with Crippen molar-refractivity contribution in [3.8, 4) is 0 Å². The molecule has 1 aromatic rings. The summed E-state index contributed by atoms with van der Waals surface area (Å²) in [5, 5.41) is 4.58. The van der Waals surface area contributed by atoms with Crippen LogP contribution in [0.5, 0.6) is 0 Å². The molecule has 3 nitrogen and oxygen atoms in total. The van der Waals surface area contributed by atoms with Crippen molar-refractivity contribution in [1.29, 1.82) is 0 Å². The van der Waals surface area contributed by atoms with Crippen LogP contribution in [-0.4, -0.2) is 8.42 Å². The fraction of sp³-hybridized carbons (Fsp3) is 0.143. The Hall–Kier alpha value is -0.670. The second kappa shape index (κ2) is 3.97. The summed E-state index contributed by atoms with van der Waals surface area (Å²) in [6.07, 6.45) is -4.99. The second-order valence-electron chi connectivity index (χ2n) is 2.81. The lowest BCUT2D eigenvalue weighted by molar-refractivity contribution is -0.140. The lowest BCUT2D eigenvalue weighted by Crippen LogP contribution is -2.18. The van der Waals surface area contributed by atoms with Crippen LogP contribution in [0.1, 0.15) is 5.56 Å². The summed E-state index contributed by atoms with van der Waals surface area (Å²) in [6, 6.07) is 1.10. The van der Waals surface area contributed by atoms with Crippen LogP contribution in [0.25, 0.3) is 0 Å². The number of sulfonamides is 1. The highest BCUT2D eigenvalue weighted by molar-refractivity contribution is 9.10. The fourth-order valence-corrected chi connectivity index (χ4v) is 2.24. The maximum atomic E-state index is 13.2. The third kappa shape index (κ3) is 2.71. The summed E-state index contributed by atoms with van der Waals surface area (Å²) in [5.41, 5.74) is -1.69. The smallest absolute Gasteiger partial charge is 0.225 e. The zero-order chi connectivity index (χ0) is 12.7. The van der Waals surface area contributed by atoms with Crippen molar-refractivity contribution >= 4 is 26.0 Å². The number of nitrogens with two attached hydrogens (primary N) is 1. The van der Waals surface area contributed by atoms with E-state index in [-0.39, 0.29) is 4.47 Å². The van der Waals surface area contributed by atoms with Gasteiger partial charge in [-0.3, -0.25) is 0 Å². The van der Waals surface area contributed by atoms with Crippen LogP contribution in [0.15, 0.2) is 21.5 Å². The number of benzene rings is 1. The van der Waals surface area contributed by atoms with E-state index in [1.54, 1.807) is 0 Å². The molecule has 1 aromatic carbocycles. The van der Waals surface area contributed by atoms with Crippen LogP contribution in [0, 0.1) is 5.82 Å². The summed E-state index contributed by atoms with van der Waals surface area (Å²) in [5.74, 6) is -1.90. The molecular formula is C7H4BrF4NO2S. The van der Waals surface area contributed by atoms with Crippen LogP contribution < -0.4 is 5.14 Å². The minimum absolute atomic E-state index is 0.231. The van der Waals surface area contributed by atoms with E-state index in [0.29, 0.717) is 12.1 Å². The first-order chi connectivity index (χ1) is 7.03. The Kier molecular flexibility index (Phi) is 3.32. The molecule has 0 fully saturated rings. The van der Waals surface area contributed by atoms with E-state index < -0.39 is 32.5 Å². The van der Waals surface area contributed by atoms with Crippen molar-refractivity contribution < 1.29 is 26.0 Å². The first kappa shape index (κ1) is 13.4. The molecule has 0 atom stereocenters. The van der Waals surface area contributed by atoms with Crippen LogP contribution in [-0.2, 0) is 16.2 Å². The highest BCUT2D eigenvalue weighted by atomic mass is 79.9. The summed E-state index contributed by atoms with van der Waals surface area (Å²) in [7, 11) is -4.54. The van der Waals surface area contributed by atoms with Gasteiger partial charge in [0, 0.05) is 4.47 Å². The largest absolute Gasteiger partial charge is 0.419 e. The van der Waals surface area contributed by atoms with Crippen molar-refractivity contribution in [1.82, 2.24) is 0 Å². The van der Waals surface area contributed by atoms with Crippen molar-refractivity contribution in [3.63, 3.8) is 0 Å². The van der Waals surface area contributed by atoms with Gasteiger partial charge < -0.3 is 0 Å². The quantitative estimate of drug-likeness (QED) is 0.806. The Morgan fingerprint density at radius 3 is 2.12 bits per heavy atom. The summed E-state index contributed by atoms with van der Waals surface area (Å²) < 4.78 is 71.6. The normalized spacial score (nSPS) is 12.9. The molecule has 0 aliphatic carbocycles. The number of hydrogen-bond acceptors (Lipinski definition) is 2. The molecule has 0 amide bonds. The van der Waals surface area contributed by atoms with E-state index in [1.165, 1.54) is 0 Å². The minimum Gasteiger partial charge on any atom is -0.225 e.